The van der Waals surface area contributed by atoms with Gasteiger partial charge in [-0.1, -0.05) is 28.9 Å². The average molecular weight is 471 g/mol. The molecule has 1 aromatic carbocycles. The summed E-state index contributed by atoms with van der Waals surface area (Å²) < 4.78 is 3.05. The molecule has 0 radical (unpaired) electrons. The first-order valence-electron chi connectivity index (χ1n) is 9.89. The molecule has 30 heavy (non-hydrogen) atoms. The summed E-state index contributed by atoms with van der Waals surface area (Å²) in [5.74, 6) is -0.689. The predicted octanol–water partition coefficient (Wildman–Crippen LogP) is 4.64. The van der Waals surface area contributed by atoms with Crippen LogP contribution in [0.4, 0.5) is 5.69 Å². The van der Waals surface area contributed by atoms with Gasteiger partial charge < -0.3 is 15.2 Å². The number of halogens is 1. The van der Waals surface area contributed by atoms with E-state index in [2.05, 4.69) is 38.1 Å². The van der Waals surface area contributed by atoms with Gasteiger partial charge in [0.25, 0.3) is 5.91 Å². The SMILES string of the molecule is CCCn1c(C)cc(/C=C(\C#N)C(=O)NCCC(=O)Nc2cc(Br)ccc2C)c1C. The van der Waals surface area contributed by atoms with Crippen molar-refractivity contribution in [1.82, 2.24) is 9.88 Å². The fourth-order valence-corrected chi connectivity index (χ4v) is 3.53. The van der Waals surface area contributed by atoms with E-state index in [4.69, 9.17) is 0 Å². The molecule has 0 saturated carbocycles. The van der Waals surface area contributed by atoms with Gasteiger partial charge in [-0.2, -0.15) is 5.26 Å². The van der Waals surface area contributed by atoms with Crippen molar-refractivity contribution in [3.8, 4) is 6.07 Å². The number of nitrogens with one attached hydrogen (secondary N) is 2. The van der Waals surface area contributed by atoms with E-state index in [9.17, 15) is 14.9 Å². The standard InChI is InChI=1S/C23H27BrN4O2/c1-5-10-28-16(3)11-18(17(28)4)12-19(14-25)23(30)26-9-8-22(29)27-21-13-20(24)7-6-15(21)2/h6-7,11-13H,5,8-10H2,1-4H3,(H,26,30)(H,27,29)/b19-12+. The molecule has 2 amide bonds. The fourth-order valence-electron chi connectivity index (χ4n) is 3.17. The second-order valence-electron chi connectivity index (χ2n) is 7.16. The maximum Gasteiger partial charge on any atom is 0.261 e. The first-order valence-corrected chi connectivity index (χ1v) is 10.7. The van der Waals surface area contributed by atoms with E-state index < -0.39 is 5.91 Å². The molecule has 0 saturated heterocycles. The molecular formula is C23H27BrN4O2. The summed E-state index contributed by atoms with van der Waals surface area (Å²) >= 11 is 3.38. The van der Waals surface area contributed by atoms with E-state index in [0.717, 1.165) is 45.6 Å². The molecule has 7 heteroatoms. The highest BCUT2D eigenvalue weighted by atomic mass is 79.9. The van der Waals surface area contributed by atoms with Gasteiger partial charge in [-0.25, -0.2) is 0 Å². The smallest absolute Gasteiger partial charge is 0.261 e. The second-order valence-corrected chi connectivity index (χ2v) is 8.08. The minimum Gasteiger partial charge on any atom is -0.351 e. The molecule has 0 aliphatic rings. The number of aryl methyl sites for hydroxylation is 2. The average Bonchev–Trinajstić information content (AvgIpc) is 2.96. The number of amides is 2. The number of carbonyl (C=O) groups excluding carboxylic acids is 2. The first-order chi connectivity index (χ1) is 14.3. The number of hydrogen-bond donors (Lipinski definition) is 2. The van der Waals surface area contributed by atoms with Crippen molar-refractivity contribution in [1.29, 1.82) is 5.26 Å². The van der Waals surface area contributed by atoms with E-state index in [1.807, 2.05) is 51.1 Å². The Morgan fingerprint density at radius 2 is 1.97 bits per heavy atom. The number of rotatable bonds is 8. The lowest BCUT2D eigenvalue weighted by molar-refractivity contribution is -0.117. The summed E-state index contributed by atoms with van der Waals surface area (Å²) in [6.07, 6.45) is 2.72. The third-order valence-corrected chi connectivity index (χ3v) is 5.33. The van der Waals surface area contributed by atoms with Crippen LogP contribution in [0.15, 0.2) is 34.3 Å². The zero-order chi connectivity index (χ0) is 22.3. The third-order valence-electron chi connectivity index (χ3n) is 4.84. The summed E-state index contributed by atoms with van der Waals surface area (Å²) in [6, 6.07) is 9.58. The summed E-state index contributed by atoms with van der Waals surface area (Å²) in [7, 11) is 0. The van der Waals surface area contributed by atoms with Gasteiger partial charge >= 0.3 is 0 Å². The molecule has 2 N–H and O–H groups in total. The Morgan fingerprint density at radius 1 is 1.23 bits per heavy atom. The van der Waals surface area contributed by atoms with Crippen LogP contribution in [0.25, 0.3) is 6.08 Å². The lowest BCUT2D eigenvalue weighted by atomic mass is 10.1. The first kappa shape index (κ1) is 23.4. The van der Waals surface area contributed by atoms with Gasteiger partial charge in [0.2, 0.25) is 5.91 Å². The third kappa shape index (κ3) is 6.07. The van der Waals surface area contributed by atoms with Crippen LogP contribution in [-0.2, 0) is 16.1 Å². The van der Waals surface area contributed by atoms with Gasteiger partial charge in [0, 0.05) is 41.1 Å². The van der Waals surface area contributed by atoms with Crippen LogP contribution < -0.4 is 10.6 Å². The van der Waals surface area contributed by atoms with Crippen LogP contribution in [0.3, 0.4) is 0 Å². The lowest BCUT2D eigenvalue weighted by Gasteiger charge is -2.09. The van der Waals surface area contributed by atoms with Crippen molar-refractivity contribution in [3.63, 3.8) is 0 Å². The summed E-state index contributed by atoms with van der Waals surface area (Å²) in [4.78, 5) is 24.6. The van der Waals surface area contributed by atoms with Crippen LogP contribution in [0.5, 0.6) is 0 Å². The molecule has 0 aliphatic carbocycles. The van der Waals surface area contributed by atoms with E-state index in [1.54, 1.807) is 6.08 Å². The Labute approximate surface area is 186 Å². The molecule has 0 spiro atoms. The molecule has 158 valence electrons. The van der Waals surface area contributed by atoms with Crippen molar-refractivity contribution in [2.24, 2.45) is 0 Å². The number of benzene rings is 1. The van der Waals surface area contributed by atoms with Crippen molar-refractivity contribution in [2.75, 3.05) is 11.9 Å². The summed E-state index contributed by atoms with van der Waals surface area (Å²) in [5, 5.41) is 14.9. The molecule has 2 rings (SSSR count). The maximum absolute atomic E-state index is 12.4. The molecule has 0 fully saturated rings. The van der Waals surface area contributed by atoms with Gasteiger partial charge in [0.1, 0.15) is 11.6 Å². The quantitative estimate of drug-likeness (QED) is 0.435. The van der Waals surface area contributed by atoms with E-state index in [1.165, 1.54) is 0 Å². The lowest BCUT2D eigenvalue weighted by Crippen LogP contribution is -2.28. The molecule has 0 unspecified atom stereocenters. The van der Waals surface area contributed by atoms with Gasteiger partial charge in [0.05, 0.1) is 0 Å². The van der Waals surface area contributed by atoms with Crippen molar-refractivity contribution in [3.05, 3.63) is 56.8 Å². The minimum atomic E-state index is -0.482. The van der Waals surface area contributed by atoms with E-state index in [0.29, 0.717) is 0 Å². The van der Waals surface area contributed by atoms with Crippen molar-refractivity contribution >= 4 is 39.5 Å². The Balaban J connectivity index is 1.97. The van der Waals surface area contributed by atoms with E-state index in [-0.39, 0.29) is 24.4 Å². The van der Waals surface area contributed by atoms with Gasteiger partial charge in [-0.3, -0.25) is 9.59 Å². The van der Waals surface area contributed by atoms with Crippen molar-refractivity contribution < 1.29 is 9.59 Å². The van der Waals surface area contributed by atoms with Gasteiger partial charge in [-0.05, 0) is 62.6 Å². The molecule has 2 aromatic rings. The number of nitrogens with zero attached hydrogens (tertiary/aromatic N) is 2. The number of aromatic nitrogens is 1. The Hall–Kier alpha value is -2.85. The monoisotopic (exact) mass is 470 g/mol. The maximum atomic E-state index is 12.4. The van der Waals surface area contributed by atoms with Crippen LogP contribution >= 0.6 is 15.9 Å². The Bertz CT molecular complexity index is 1010. The highest BCUT2D eigenvalue weighted by Gasteiger charge is 2.13. The van der Waals surface area contributed by atoms with Crippen LogP contribution in [0, 0.1) is 32.1 Å². The Kier molecular flexibility index (Phi) is 8.43. The second kappa shape index (κ2) is 10.8. The number of anilines is 1. The van der Waals surface area contributed by atoms with Gasteiger partial charge in [-0.15, -0.1) is 0 Å². The van der Waals surface area contributed by atoms with Crippen LogP contribution in [0.2, 0.25) is 0 Å². The molecular weight excluding hydrogens is 444 g/mol. The molecule has 0 aliphatic heterocycles. The van der Waals surface area contributed by atoms with Crippen LogP contribution in [0.1, 0.15) is 42.3 Å². The molecule has 1 aromatic heterocycles. The molecule has 0 atom stereocenters. The zero-order valence-electron chi connectivity index (χ0n) is 17.8. The normalized spacial score (nSPS) is 11.1. The van der Waals surface area contributed by atoms with E-state index >= 15 is 0 Å². The highest BCUT2D eigenvalue weighted by molar-refractivity contribution is 9.10. The number of nitriles is 1. The van der Waals surface area contributed by atoms with Gasteiger partial charge in [0.15, 0.2) is 0 Å². The molecule has 0 bridgehead atoms. The number of hydrogen-bond acceptors (Lipinski definition) is 3. The molecule has 1 heterocycles. The van der Waals surface area contributed by atoms with Crippen LogP contribution in [-0.4, -0.2) is 22.9 Å². The molecule has 6 nitrogen and oxygen atoms in total. The van der Waals surface area contributed by atoms with Crippen molar-refractivity contribution in [2.45, 2.75) is 47.1 Å². The predicted molar refractivity (Wildman–Crippen MR) is 123 cm³/mol. The summed E-state index contributed by atoms with van der Waals surface area (Å²) in [6.45, 7) is 9.05. The zero-order valence-corrected chi connectivity index (χ0v) is 19.4. The number of carbonyl (C=O) groups is 2. The largest absolute Gasteiger partial charge is 0.351 e. The fraction of sp³-hybridized carbons (Fsp3) is 0.348. The highest BCUT2D eigenvalue weighted by Crippen LogP contribution is 2.21. The Morgan fingerprint density at radius 3 is 2.63 bits per heavy atom. The summed E-state index contributed by atoms with van der Waals surface area (Å²) in [5.41, 5.74) is 4.67. The topological polar surface area (TPSA) is 86.9 Å². The minimum absolute atomic E-state index is 0.0231.